The first kappa shape index (κ1) is 13.3. The second-order valence-corrected chi connectivity index (χ2v) is 3.54. The summed E-state index contributed by atoms with van der Waals surface area (Å²) >= 11 is 0. The number of aromatic hydroxyl groups is 2. The zero-order valence-corrected chi connectivity index (χ0v) is 9.13. The van der Waals surface area contributed by atoms with Crippen LogP contribution in [0.3, 0.4) is 0 Å². The third-order valence-electron chi connectivity index (χ3n) is 2.29. The van der Waals surface area contributed by atoms with Crippen LogP contribution < -0.4 is 5.32 Å². The molecule has 0 aliphatic rings. The van der Waals surface area contributed by atoms with Crippen molar-refractivity contribution >= 4 is 5.91 Å². The van der Waals surface area contributed by atoms with E-state index in [-0.39, 0.29) is 30.9 Å². The quantitative estimate of drug-likeness (QED) is 0.449. The average Bonchev–Trinajstić information content (AvgIpc) is 2.31. The summed E-state index contributed by atoms with van der Waals surface area (Å²) < 4.78 is 0. The van der Waals surface area contributed by atoms with Crippen LogP contribution >= 0.6 is 0 Å². The van der Waals surface area contributed by atoms with Gasteiger partial charge >= 0.3 is 0 Å². The van der Waals surface area contributed by atoms with E-state index in [1.54, 1.807) is 0 Å². The zero-order chi connectivity index (χ0) is 12.8. The number of benzene rings is 1. The van der Waals surface area contributed by atoms with Crippen LogP contribution in [-0.4, -0.2) is 45.6 Å². The first-order valence-corrected chi connectivity index (χ1v) is 5.13. The van der Waals surface area contributed by atoms with Crippen molar-refractivity contribution in [3.05, 3.63) is 23.8 Å². The number of aliphatic hydroxyl groups is 2. The molecule has 0 heterocycles. The second-order valence-electron chi connectivity index (χ2n) is 3.54. The fourth-order valence-electron chi connectivity index (χ4n) is 1.34. The van der Waals surface area contributed by atoms with Gasteiger partial charge in [-0.2, -0.15) is 0 Å². The number of nitrogens with one attached hydrogen (secondary N) is 1. The van der Waals surface area contributed by atoms with E-state index in [0.717, 1.165) is 0 Å². The van der Waals surface area contributed by atoms with Gasteiger partial charge in [-0.1, -0.05) is 6.07 Å². The Kier molecular flexibility index (Phi) is 4.74. The van der Waals surface area contributed by atoms with Gasteiger partial charge in [0.2, 0.25) is 0 Å². The van der Waals surface area contributed by atoms with Crippen LogP contribution in [-0.2, 0) is 0 Å². The summed E-state index contributed by atoms with van der Waals surface area (Å²) in [6.07, 6.45) is 0.210. The van der Waals surface area contributed by atoms with Crippen molar-refractivity contribution in [2.45, 2.75) is 12.5 Å². The van der Waals surface area contributed by atoms with Gasteiger partial charge in [0.05, 0.1) is 18.2 Å². The summed E-state index contributed by atoms with van der Waals surface area (Å²) in [4.78, 5) is 11.7. The lowest BCUT2D eigenvalue weighted by molar-refractivity contribution is 0.0901. The van der Waals surface area contributed by atoms with Gasteiger partial charge in [0.1, 0.15) is 0 Å². The molecule has 0 spiro atoms. The minimum atomic E-state index is -0.620. The van der Waals surface area contributed by atoms with Crippen molar-refractivity contribution < 1.29 is 25.2 Å². The Morgan fingerprint density at radius 2 is 2.00 bits per heavy atom. The lowest BCUT2D eigenvalue weighted by Crippen LogP contribution is -2.38. The molecule has 6 heteroatoms. The maximum absolute atomic E-state index is 11.7. The molecule has 0 saturated carbocycles. The van der Waals surface area contributed by atoms with Crippen LogP contribution in [0.15, 0.2) is 18.2 Å². The minimum Gasteiger partial charge on any atom is -0.504 e. The average molecular weight is 241 g/mol. The summed E-state index contributed by atoms with van der Waals surface area (Å²) in [6.45, 7) is -0.483. The highest BCUT2D eigenvalue weighted by Gasteiger charge is 2.17. The third kappa shape index (κ3) is 3.33. The van der Waals surface area contributed by atoms with Gasteiger partial charge < -0.3 is 25.7 Å². The van der Waals surface area contributed by atoms with Crippen molar-refractivity contribution in [1.29, 1.82) is 0 Å². The Hall–Kier alpha value is -1.79. The fraction of sp³-hybridized carbons (Fsp3) is 0.364. The van der Waals surface area contributed by atoms with E-state index in [1.807, 2.05) is 0 Å². The van der Waals surface area contributed by atoms with Crippen molar-refractivity contribution in [1.82, 2.24) is 5.32 Å². The number of rotatable bonds is 5. The van der Waals surface area contributed by atoms with Gasteiger partial charge in [-0.05, 0) is 18.6 Å². The molecular formula is C11H15NO5. The molecule has 94 valence electrons. The molecule has 1 aromatic rings. The highest BCUT2D eigenvalue weighted by molar-refractivity contribution is 5.97. The van der Waals surface area contributed by atoms with Gasteiger partial charge in [-0.25, -0.2) is 0 Å². The molecule has 6 nitrogen and oxygen atoms in total. The highest BCUT2D eigenvalue weighted by atomic mass is 16.3. The molecule has 0 aliphatic carbocycles. The Labute approximate surface area is 98.1 Å². The van der Waals surface area contributed by atoms with Crippen LogP contribution in [0, 0.1) is 0 Å². The Morgan fingerprint density at radius 3 is 2.59 bits per heavy atom. The van der Waals surface area contributed by atoms with Gasteiger partial charge in [-0.3, -0.25) is 4.79 Å². The summed E-state index contributed by atoms with van der Waals surface area (Å²) in [5.41, 5.74) is -0.0820. The second kappa shape index (κ2) is 6.07. The molecule has 0 fully saturated rings. The molecule has 1 atom stereocenters. The lowest BCUT2D eigenvalue weighted by Gasteiger charge is -2.15. The Bertz CT molecular complexity index is 393. The maximum atomic E-state index is 11.7. The van der Waals surface area contributed by atoms with E-state index in [0.29, 0.717) is 0 Å². The number of carbonyl (C=O) groups excluding carboxylic acids is 1. The van der Waals surface area contributed by atoms with Crippen LogP contribution in [0.4, 0.5) is 0 Å². The minimum absolute atomic E-state index is 0.0820. The molecule has 0 aliphatic heterocycles. The fourth-order valence-corrected chi connectivity index (χ4v) is 1.34. The van der Waals surface area contributed by atoms with E-state index in [1.165, 1.54) is 18.2 Å². The molecule has 0 radical (unpaired) electrons. The number of hydrogen-bond acceptors (Lipinski definition) is 5. The van der Waals surface area contributed by atoms with Crippen molar-refractivity contribution in [3.63, 3.8) is 0 Å². The number of phenols is 2. The van der Waals surface area contributed by atoms with Crippen LogP contribution in [0.5, 0.6) is 11.5 Å². The molecule has 0 aromatic heterocycles. The monoisotopic (exact) mass is 241 g/mol. The molecule has 1 aromatic carbocycles. The van der Waals surface area contributed by atoms with E-state index < -0.39 is 17.7 Å². The number of carbonyl (C=O) groups is 1. The molecule has 0 unspecified atom stereocenters. The van der Waals surface area contributed by atoms with Crippen LogP contribution in [0.25, 0.3) is 0 Å². The van der Waals surface area contributed by atoms with E-state index in [9.17, 15) is 15.0 Å². The lowest BCUT2D eigenvalue weighted by atomic mass is 10.1. The van der Waals surface area contributed by atoms with Crippen LogP contribution in [0.2, 0.25) is 0 Å². The smallest absolute Gasteiger partial charge is 0.255 e. The normalized spacial score (nSPS) is 12.1. The van der Waals surface area contributed by atoms with Gasteiger partial charge in [-0.15, -0.1) is 0 Å². The third-order valence-corrected chi connectivity index (χ3v) is 2.29. The Balaban J connectivity index is 2.79. The molecule has 0 saturated heterocycles. The van der Waals surface area contributed by atoms with Crippen molar-refractivity contribution in [2.24, 2.45) is 0 Å². The van der Waals surface area contributed by atoms with E-state index in [4.69, 9.17) is 10.2 Å². The largest absolute Gasteiger partial charge is 0.504 e. The number of para-hydroxylation sites is 1. The standard InChI is InChI=1S/C11H15NO5/c13-5-4-7(6-14)12-11(17)8-2-1-3-9(15)10(8)16/h1-3,7,13-16H,4-6H2,(H,12,17)/t7-/m0/s1. The molecule has 17 heavy (non-hydrogen) atoms. The summed E-state index contributed by atoms with van der Waals surface area (Å²) in [6, 6.07) is 3.43. The number of amides is 1. The van der Waals surface area contributed by atoms with Gasteiger partial charge in [0.25, 0.3) is 5.91 Å². The van der Waals surface area contributed by atoms with Crippen LogP contribution in [0.1, 0.15) is 16.8 Å². The first-order valence-electron chi connectivity index (χ1n) is 5.13. The van der Waals surface area contributed by atoms with E-state index in [2.05, 4.69) is 5.32 Å². The number of phenolic OH excluding ortho intramolecular Hbond substituents is 2. The summed E-state index contributed by atoms with van der Waals surface area (Å²) in [7, 11) is 0. The van der Waals surface area contributed by atoms with Gasteiger partial charge in [0.15, 0.2) is 11.5 Å². The molecular weight excluding hydrogens is 226 g/mol. The molecule has 1 rings (SSSR count). The van der Waals surface area contributed by atoms with E-state index >= 15 is 0 Å². The summed E-state index contributed by atoms with van der Waals surface area (Å²) in [5.74, 6) is -1.52. The van der Waals surface area contributed by atoms with Crippen molar-refractivity contribution in [2.75, 3.05) is 13.2 Å². The molecule has 1 amide bonds. The summed E-state index contributed by atoms with van der Waals surface area (Å²) in [5, 5.41) is 38.8. The van der Waals surface area contributed by atoms with Gasteiger partial charge in [0, 0.05) is 6.61 Å². The first-order chi connectivity index (χ1) is 8.10. The topological polar surface area (TPSA) is 110 Å². The molecule has 5 N–H and O–H groups in total. The predicted molar refractivity (Wildman–Crippen MR) is 59.8 cm³/mol. The highest BCUT2D eigenvalue weighted by Crippen LogP contribution is 2.27. The zero-order valence-electron chi connectivity index (χ0n) is 9.13. The maximum Gasteiger partial charge on any atom is 0.255 e. The molecule has 0 bridgehead atoms. The number of hydrogen-bond donors (Lipinski definition) is 5. The Morgan fingerprint density at radius 1 is 1.29 bits per heavy atom. The number of aliphatic hydroxyl groups excluding tert-OH is 2. The van der Waals surface area contributed by atoms with Crippen molar-refractivity contribution in [3.8, 4) is 11.5 Å². The SMILES string of the molecule is O=C(N[C@H](CO)CCO)c1cccc(O)c1O. The predicted octanol–water partition coefficient (Wildman–Crippen LogP) is -0.429.